The number of aromatic carboxylic acids is 1. The highest BCUT2D eigenvalue weighted by Gasteiger charge is 2.17. The summed E-state index contributed by atoms with van der Waals surface area (Å²) in [6.07, 6.45) is 0.886. The Balaban J connectivity index is 0.00000106. The Hall–Kier alpha value is -2.24. The number of hydrogen-bond acceptors (Lipinski definition) is 4. The van der Waals surface area contributed by atoms with E-state index in [0.717, 1.165) is 33.1 Å². The van der Waals surface area contributed by atoms with E-state index in [1.54, 1.807) is 23.5 Å². The predicted octanol–water partition coefficient (Wildman–Crippen LogP) is 7.78. The van der Waals surface area contributed by atoms with Gasteiger partial charge in [-0.15, -0.1) is 11.3 Å². The average molecular weight is 447 g/mol. The lowest BCUT2D eigenvalue weighted by molar-refractivity contribution is 0.0690. The summed E-state index contributed by atoms with van der Waals surface area (Å²) in [5, 5.41) is 10.6. The summed E-state index contributed by atoms with van der Waals surface area (Å²) in [6.45, 7) is 14.3. The molecule has 0 saturated heterocycles. The Morgan fingerprint density at radius 3 is 2.33 bits per heavy atom. The van der Waals surface area contributed by atoms with Crippen molar-refractivity contribution >= 4 is 28.9 Å². The second kappa shape index (κ2) is 12.5. The molecule has 0 atom stereocenters. The fourth-order valence-corrected chi connectivity index (χ4v) is 4.06. The van der Waals surface area contributed by atoms with Gasteiger partial charge >= 0.3 is 5.97 Å². The van der Waals surface area contributed by atoms with Gasteiger partial charge in [0.15, 0.2) is 0 Å². The van der Waals surface area contributed by atoms with E-state index in [1.165, 1.54) is 6.07 Å². The number of hydrogen-bond donors (Lipinski definition) is 1. The van der Waals surface area contributed by atoms with Crippen molar-refractivity contribution in [2.75, 3.05) is 0 Å². The second-order valence-electron chi connectivity index (χ2n) is 6.57. The molecular weight excluding hydrogens is 416 g/mol. The number of aryl methyl sites for hydroxylation is 1. The van der Waals surface area contributed by atoms with E-state index in [-0.39, 0.29) is 5.69 Å². The summed E-state index contributed by atoms with van der Waals surface area (Å²) in [4.78, 5) is 21.4. The molecular formula is C24H31ClN2O2S. The molecule has 0 amide bonds. The molecule has 4 nitrogen and oxygen atoms in total. The first-order valence-corrected chi connectivity index (χ1v) is 11.5. The van der Waals surface area contributed by atoms with Crippen LogP contribution < -0.4 is 0 Å². The molecule has 162 valence electrons. The number of pyridine rings is 1. The summed E-state index contributed by atoms with van der Waals surface area (Å²) in [6, 6.07) is 10.9. The second-order valence-corrected chi connectivity index (χ2v) is 8.06. The van der Waals surface area contributed by atoms with Gasteiger partial charge in [0.1, 0.15) is 10.7 Å². The van der Waals surface area contributed by atoms with Gasteiger partial charge in [-0.1, -0.05) is 71.3 Å². The number of halogens is 1. The molecule has 6 heteroatoms. The molecule has 0 bridgehead atoms. The van der Waals surface area contributed by atoms with Crippen LogP contribution in [0.3, 0.4) is 0 Å². The van der Waals surface area contributed by atoms with Gasteiger partial charge in [0.25, 0.3) is 0 Å². The Labute approximate surface area is 189 Å². The molecule has 0 fully saturated rings. The van der Waals surface area contributed by atoms with Crippen LogP contribution in [0.4, 0.5) is 0 Å². The molecule has 0 saturated carbocycles. The van der Waals surface area contributed by atoms with E-state index >= 15 is 0 Å². The standard InChI is InChI=1S/C20H19ClN2O2S.2C2H6/c1-11(2)9-17-18(13-8-7-12(3)14(21)10-13)23-19(26-17)15-5-4-6-16(22-15)20(24)25;2*1-2/h4-8,10-11H,9H2,1-3H3,(H,24,25);2*1-2H3. The first kappa shape index (κ1) is 25.8. The van der Waals surface area contributed by atoms with Gasteiger partial charge in [0.2, 0.25) is 0 Å². The summed E-state index contributed by atoms with van der Waals surface area (Å²) < 4.78 is 0. The van der Waals surface area contributed by atoms with Crippen LogP contribution in [0, 0.1) is 12.8 Å². The van der Waals surface area contributed by atoms with Crippen molar-refractivity contribution in [1.29, 1.82) is 0 Å². The molecule has 0 aliphatic carbocycles. The SMILES string of the molecule is CC.CC.Cc1ccc(-c2nc(-c3cccc(C(=O)O)n3)sc2CC(C)C)cc1Cl. The maximum atomic E-state index is 11.2. The highest BCUT2D eigenvalue weighted by molar-refractivity contribution is 7.15. The van der Waals surface area contributed by atoms with Gasteiger partial charge in [0, 0.05) is 15.5 Å². The molecule has 0 unspecified atom stereocenters. The zero-order valence-electron chi connectivity index (χ0n) is 18.8. The third kappa shape index (κ3) is 6.64. The van der Waals surface area contributed by atoms with Crippen molar-refractivity contribution in [2.24, 2.45) is 5.92 Å². The molecule has 0 aliphatic heterocycles. The molecule has 2 heterocycles. The lowest BCUT2D eigenvalue weighted by Crippen LogP contribution is -2.00. The number of carbonyl (C=O) groups is 1. The molecule has 1 N–H and O–H groups in total. The number of carboxylic acids is 1. The highest BCUT2D eigenvalue weighted by Crippen LogP contribution is 2.36. The number of thiazole rings is 1. The molecule has 1 aromatic carbocycles. The van der Waals surface area contributed by atoms with Crippen LogP contribution >= 0.6 is 22.9 Å². The number of benzene rings is 1. The summed E-state index contributed by atoms with van der Waals surface area (Å²) in [7, 11) is 0. The maximum Gasteiger partial charge on any atom is 0.354 e. The minimum absolute atomic E-state index is 0.0167. The van der Waals surface area contributed by atoms with Gasteiger partial charge in [-0.05, 0) is 43.0 Å². The quantitative estimate of drug-likeness (QED) is 0.434. The normalized spacial score (nSPS) is 10.0. The topological polar surface area (TPSA) is 63.1 Å². The van der Waals surface area contributed by atoms with Crippen molar-refractivity contribution in [1.82, 2.24) is 9.97 Å². The van der Waals surface area contributed by atoms with E-state index < -0.39 is 5.97 Å². The van der Waals surface area contributed by atoms with E-state index in [2.05, 4.69) is 18.8 Å². The Bertz CT molecular complexity index is 968. The third-order valence-corrected chi connectivity index (χ3v) is 5.43. The van der Waals surface area contributed by atoms with Crippen molar-refractivity contribution in [3.05, 3.63) is 57.6 Å². The maximum absolute atomic E-state index is 11.2. The minimum Gasteiger partial charge on any atom is -0.477 e. The number of rotatable bonds is 5. The average Bonchev–Trinajstić information content (AvgIpc) is 3.16. The first-order chi connectivity index (χ1) is 14.3. The zero-order chi connectivity index (χ0) is 22.8. The predicted molar refractivity (Wildman–Crippen MR) is 129 cm³/mol. The van der Waals surface area contributed by atoms with E-state index in [4.69, 9.17) is 16.6 Å². The highest BCUT2D eigenvalue weighted by atomic mass is 35.5. The van der Waals surface area contributed by atoms with Gasteiger partial charge < -0.3 is 5.11 Å². The Morgan fingerprint density at radius 1 is 1.10 bits per heavy atom. The largest absolute Gasteiger partial charge is 0.477 e. The molecule has 0 aliphatic rings. The van der Waals surface area contributed by atoms with Crippen LogP contribution in [0.15, 0.2) is 36.4 Å². The third-order valence-electron chi connectivity index (χ3n) is 3.92. The minimum atomic E-state index is -1.05. The van der Waals surface area contributed by atoms with Gasteiger partial charge in [-0.3, -0.25) is 0 Å². The molecule has 2 aromatic heterocycles. The summed E-state index contributed by atoms with van der Waals surface area (Å²) in [5.74, 6) is -0.572. The van der Waals surface area contributed by atoms with Gasteiger partial charge in [-0.25, -0.2) is 14.8 Å². The molecule has 0 spiro atoms. The van der Waals surface area contributed by atoms with Crippen LogP contribution in [0.25, 0.3) is 22.0 Å². The monoisotopic (exact) mass is 446 g/mol. The van der Waals surface area contributed by atoms with Crippen LogP contribution in [-0.4, -0.2) is 21.0 Å². The molecule has 3 rings (SSSR count). The zero-order valence-corrected chi connectivity index (χ0v) is 20.4. The molecule has 30 heavy (non-hydrogen) atoms. The lowest BCUT2D eigenvalue weighted by Gasteiger charge is -2.06. The number of aromatic nitrogens is 2. The van der Waals surface area contributed by atoms with Crippen molar-refractivity contribution in [3.63, 3.8) is 0 Å². The Morgan fingerprint density at radius 2 is 1.77 bits per heavy atom. The van der Waals surface area contributed by atoms with Crippen LogP contribution in [0.1, 0.15) is 62.5 Å². The fourth-order valence-electron chi connectivity index (χ4n) is 2.61. The summed E-state index contributed by atoms with van der Waals surface area (Å²) in [5.41, 5.74) is 3.47. The van der Waals surface area contributed by atoms with Crippen LogP contribution in [0.2, 0.25) is 5.02 Å². The van der Waals surface area contributed by atoms with E-state index in [0.29, 0.717) is 16.6 Å². The van der Waals surface area contributed by atoms with Gasteiger partial charge in [0.05, 0.1) is 11.4 Å². The number of nitrogens with zero attached hydrogens (tertiary/aromatic N) is 2. The smallest absolute Gasteiger partial charge is 0.354 e. The van der Waals surface area contributed by atoms with E-state index in [9.17, 15) is 9.90 Å². The van der Waals surface area contributed by atoms with Gasteiger partial charge in [-0.2, -0.15) is 0 Å². The fraction of sp³-hybridized carbons (Fsp3) is 0.375. The van der Waals surface area contributed by atoms with Crippen molar-refractivity contribution in [2.45, 2.75) is 54.9 Å². The van der Waals surface area contributed by atoms with Crippen molar-refractivity contribution < 1.29 is 9.90 Å². The first-order valence-electron chi connectivity index (χ1n) is 10.3. The lowest BCUT2D eigenvalue weighted by atomic mass is 10.0. The molecule has 0 radical (unpaired) electrons. The van der Waals surface area contributed by atoms with Crippen molar-refractivity contribution in [3.8, 4) is 22.0 Å². The number of carboxylic acid groups (broad SMARTS) is 1. The summed E-state index contributed by atoms with van der Waals surface area (Å²) >= 11 is 7.86. The van der Waals surface area contributed by atoms with Crippen LogP contribution in [-0.2, 0) is 6.42 Å². The molecule has 3 aromatic rings. The van der Waals surface area contributed by atoms with Crippen LogP contribution in [0.5, 0.6) is 0 Å². The Kier molecular flexibility index (Phi) is 10.7. The van der Waals surface area contributed by atoms with E-state index in [1.807, 2.05) is 52.8 Å².